The van der Waals surface area contributed by atoms with Gasteiger partial charge in [0.25, 0.3) is 5.91 Å². The topological polar surface area (TPSA) is 75.9 Å². The molecule has 1 aromatic heterocycles. The summed E-state index contributed by atoms with van der Waals surface area (Å²) in [5.41, 5.74) is 3.80. The number of rotatable bonds is 5. The van der Waals surface area contributed by atoms with Gasteiger partial charge in [-0.2, -0.15) is 0 Å². The molecule has 1 amide bonds. The van der Waals surface area contributed by atoms with Gasteiger partial charge in [-0.25, -0.2) is 4.99 Å². The molecule has 0 atom stereocenters. The van der Waals surface area contributed by atoms with Crippen LogP contribution in [0.25, 0.3) is 11.8 Å². The van der Waals surface area contributed by atoms with E-state index in [1.165, 1.54) is 0 Å². The van der Waals surface area contributed by atoms with Gasteiger partial charge in [-0.3, -0.25) is 9.36 Å². The van der Waals surface area contributed by atoms with E-state index in [1.54, 1.807) is 53.4 Å². The number of fused-ring (bicyclic) bond motifs is 1. The summed E-state index contributed by atoms with van der Waals surface area (Å²) in [6.07, 6.45) is 5.03. The number of anilines is 1. The molecule has 4 rings (SSSR count). The number of hydrogen-bond donors (Lipinski definition) is 2. The molecule has 3 aromatic rings. The second kappa shape index (κ2) is 8.73. The van der Waals surface area contributed by atoms with Gasteiger partial charge in [0.2, 0.25) is 0 Å². The van der Waals surface area contributed by atoms with Crippen LogP contribution in [0.3, 0.4) is 0 Å². The largest absolute Gasteiger partial charge is 0.491 e. The van der Waals surface area contributed by atoms with E-state index in [1.807, 2.05) is 13.0 Å². The Hall–Kier alpha value is -2.84. The molecular formula is C22H18BCl2N3O3. The minimum absolute atomic E-state index is 0.274. The molecule has 0 saturated heterocycles. The number of nitrogens with one attached hydrogen (secondary N) is 1. The second-order valence-electron chi connectivity index (χ2n) is 6.87. The zero-order valence-electron chi connectivity index (χ0n) is 16.6. The Balaban J connectivity index is 1.62. The first kappa shape index (κ1) is 21.4. The third kappa shape index (κ3) is 4.05. The summed E-state index contributed by atoms with van der Waals surface area (Å²) in [5, 5.41) is 13.4. The van der Waals surface area contributed by atoms with Crippen molar-refractivity contribution in [3.05, 3.63) is 75.9 Å². The first-order valence-corrected chi connectivity index (χ1v) is 10.2. The molecule has 9 heteroatoms. The molecule has 31 heavy (non-hydrogen) atoms. The summed E-state index contributed by atoms with van der Waals surface area (Å²) in [6.45, 7) is 5.94. The lowest BCUT2D eigenvalue weighted by atomic mass is 9.79. The standard InChI is InChI=1S/C22H18BCl2N3O3/c1-3-16-20(25)11-28(21(16)26-4-2)15-7-8-17(19(24)10-15)22(29)27-14-6-5-13-12-31-23(30)18(13)9-14/h3-11,30H,1,12H2,2H3,(H,27,29). The van der Waals surface area contributed by atoms with E-state index in [9.17, 15) is 9.82 Å². The van der Waals surface area contributed by atoms with Crippen molar-refractivity contribution in [1.29, 1.82) is 0 Å². The third-order valence-electron chi connectivity index (χ3n) is 4.97. The van der Waals surface area contributed by atoms with Gasteiger partial charge in [0.15, 0.2) is 0 Å². The Morgan fingerprint density at radius 2 is 2.10 bits per heavy atom. The van der Waals surface area contributed by atoms with Crippen molar-refractivity contribution in [3.63, 3.8) is 0 Å². The van der Waals surface area contributed by atoms with Crippen LogP contribution in [-0.2, 0) is 11.3 Å². The predicted octanol–water partition coefficient (Wildman–Crippen LogP) is 4.62. The smallest absolute Gasteiger partial charge is 0.423 e. The highest BCUT2D eigenvalue weighted by atomic mass is 35.5. The molecule has 1 aliphatic rings. The van der Waals surface area contributed by atoms with Gasteiger partial charge >= 0.3 is 7.12 Å². The van der Waals surface area contributed by atoms with Gasteiger partial charge in [-0.05, 0) is 48.3 Å². The molecule has 0 aliphatic carbocycles. The molecule has 2 N–H and O–H groups in total. The summed E-state index contributed by atoms with van der Waals surface area (Å²) in [6, 6.07) is 10.3. The first-order chi connectivity index (χ1) is 14.9. The summed E-state index contributed by atoms with van der Waals surface area (Å²) >= 11 is 12.7. The predicted molar refractivity (Wildman–Crippen MR) is 126 cm³/mol. The number of carbonyl (C=O) groups excluding carboxylic acids is 1. The average Bonchev–Trinajstić information content (AvgIpc) is 3.27. The highest BCUT2D eigenvalue weighted by molar-refractivity contribution is 6.61. The molecule has 0 bridgehead atoms. The van der Waals surface area contributed by atoms with Crippen LogP contribution in [-0.4, -0.2) is 28.8 Å². The van der Waals surface area contributed by atoms with Crippen LogP contribution < -0.4 is 10.8 Å². The fraction of sp³-hybridized carbons (Fsp3) is 0.0909. The lowest BCUT2D eigenvalue weighted by Gasteiger charge is -2.11. The van der Waals surface area contributed by atoms with Crippen molar-refractivity contribution in [2.75, 3.05) is 5.32 Å². The van der Waals surface area contributed by atoms with Gasteiger partial charge in [-0.1, -0.05) is 41.9 Å². The number of aromatic nitrogens is 1. The van der Waals surface area contributed by atoms with Gasteiger partial charge in [0, 0.05) is 29.3 Å². The summed E-state index contributed by atoms with van der Waals surface area (Å²) in [5.74, 6) is 0.253. The molecule has 0 radical (unpaired) electrons. The number of halogens is 2. The highest BCUT2D eigenvalue weighted by Crippen LogP contribution is 2.34. The molecule has 2 heterocycles. The zero-order chi connectivity index (χ0) is 22.1. The third-order valence-corrected chi connectivity index (χ3v) is 5.58. The van der Waals surface area contributed by atoms with Gasteiger partial charge < -0.3 is 15.0 Å². The first-order valence-electron chi connectivity index (χ1n) is 9.48. The average molecular weight is 454 g/mol. The number of nitrogens with zero attached hydrogens (tertiary/aromatic N) is 2. The van der Waals surface area contributed by atoms with E-state index < -0.39 is 7.12 Å². The van der Waals surface area contributed by atoms with Crippen molar-refractivity contribution >= 4 is 65.5 Å². The minimum atomic E-state index is -0.983. The number of amides is 1. The lowest BCUT2D eigenvalue weighted by molar-refractivity contribution is 0.102. The molecule has 6 nitrogen and oxygen atoms in total. The van der Waals surface area contributed by atoms with E-state index >= 15 is 0 Å². The Morgan fingerprint density at radius 3 is 2.81 bits per heavy atom. The van der Waals surface area contributed by atoms with Crippen molar-refractivity contribution in [2.45, 2.75) is 13.5 Å². The quantitative estimate of drug-likeness (QED) is 0.437. The molecule has 0 unspecified atom stereocenters. The van der Waals surface area contributed by atoms with Crippen LogP contribution in [0, 0.1) is 0 Å². The van der Waals surface area contributed by atoms with Crippen LogP contribution >= 0.6 is 23.2 Å². The molecule has 156 valence electrons. The fourth-order valence-electron chi connectivity index (χ4n) is 3.45. The maximum absolute atomic E-state index is 12.8. The zero-order valence-corrected chi connectivity index (χ0v) is 18.1. The molecular weight excluding hydrogens is 436 g/mol. The van der Waals surface area contributed by atoms with E-state index in [-0.39, 0.29) is 10.9 Å². The van der Waals surface area contributed by atoms with Crippen molar-refractivity contribution in [3.8, 4) is 5.69 Å². The number of hydrogen-bond acceptors (Lipinski definition) is 4. The summed E-state index contributed by atoms with van der Waals surface area (Å²) in [4.78, 5) is 17.2. The molecule has 0 spiro atoms. The molecule has 0 saturated carbocycles. The molecule has 0 fully saturated rings. The molecule has 2 aromatic carbocycles. The van der Waals surface area contributed by atoms with Crippen molar-refractivity contribution < 1.29 is 14.5 Å². The highest BCUT2D eigenvalue weighted by Gasteiger charge is 2.27. The second-order valence-corrected chi connectivity index (χ2v) is 7.69. The SMILES string of the molecule is C=Cc1c(Cl)cn(-c2ccc(C(=O)Nc3ccc4c(c3)B(O)OC4)c(Cl)c2)c1N=CC. The van der Waals surface area contributed by atoms with Crippen LogP contribution in [0.5, 0.6) is 0 Å². The molecule has 1 aliphatic heterocycles. The van der Waals surface area contributed by atoms with E-state index in [0.29, 0.717) is 45.4 Å². The normalized spacial score (nSPS) is 13.0. The summed E-state index contributed by atoms with van der Waals surface area (Å²) in [7, 11) is -0.983. The van der Waals surface area contributed by atoms with Crippen LogP contribution in [0.1, 0.15) is 28.4 Å². The van der Waals surface area contributed by atoms with E-state index in [0.717, 1.165) is 5.56 Å². The number of carbonyl (C=O) groups is 1. The Labute approximate surface area is 189 Å². The van der Waals surface area contributed by atoms with E-state index in [4.69, 9.17) is 27.9 Å². The van der Waals surface area contributed by atoms with Crippen LogP contribution in [0.2, 0.25) is 10.0 Å². The van der Waals surface area contributed by atoms with Crippen molar-refractivity contribution in [2.24, 2.45) is 4.99 Å². The van der Waals surface area contributed by atoms with E-state index in [2.05, 4.69) is 16.9 Å². The van der Waals surface area contributed by atoms with Crippen molar-refractivity contribution in [1.82, 2.24) is 4.57 Å². The fourth-order valence-corrected chi connectivity index (χ4v) is 3.97. The monoisotopic (exact) mass is 453 g/mol. The number of benzene rings is 2. The Kier molecular flexibility index (Phi) is 6.02. The van der Waals surface area contributed by atoms with Gasteiger partial charge in [0.1, 0.15) is 5.82 Å². The Bertz CT molecular complexity index is 1220. The summed E-state index contributed by atoms with van der Waals surface area (Å²) < 4.78 is 6.97. The van der Waals surface area contributed by atoms with Gasteiger partial charge in [-0.15, -0.1) is 0 Å². The Morgan fingerprint density at radius 1 is 1.29 bits per heavy atom. The van der Waals surface area contributed by atoms with Crippen LogP contribution in [0.4, 0.5) is 11.5 Å². The maximum Gasteiger partial charge on any atom is 0.491 e. The minimum Gasteiger partial charge on any atom is -0.423 e. The lowest BCUT2D eigenvalue weighted by Crippen LogP contribution is -2.28. The van der Waals surface area contributed by atoms with Gasteiger partial charge in [0.05, 0.1) is 22.2 Å². The van der Waals surface area contributed by atoms with Crippen LogP contribution in [0.15, 0.2) is 54.2 Å². The maximum atomic E-state index is 12.8. The number of aliphatic imine (C=N–C) groups is 1.